The van der Waals surface area contributed by atoms with Crippen molar-refractivity contribution < 1.29 is 9.59 Å². The number of benzene rings is 2. The molecule has 0 fully saturated rings. The lowest BCUT2D eigenvalue weighted by Gasteiger charge is -2.22. The van der Waals surface area contributed by atoms with E-state index in [9.17, 15) is 9.59 Å². The van der Waals surface area contributed by atoms with E-state index < -0.39 is 6.04 Å². The number of rotatable bonds is 8. The van der Waals surface area contributed by atoms with Crippen molar-refractivity contribution in [2.24, 2.45) is 5.92 Å². The van der Waals surface area contributed by atoms with Gasteiger partial charge in [0.05, 0.1) is 6.33 Å². The van der Waals surface area contributed by atoms with Gasteiger partial charge in [0.25, 0.3) is 5.91 Å². The lowest BCUT2D eigenvalue weighted by Crippen LogP contribution is -2.49. The van der Waals surface area contributed by atoms with E-state index in [-0.39, 0.29) is 17.7 Å². The highest BCUT2D eigenvalue weighted by atomic mass is 16.2. The highest BCUT2D eigenvalue weighted by molar-refractivity contribution is 5.97. The van der Waals surface area contributed by atoms with Crippen LogP contribution in [0, 0.1) is 12.8 Å². The number of aromatic nitrogens is 2. The summed E-state index contributed by atoms with van der Waals surface area (Å²) in [6.07, 6.45) is 5.42. The zero-order valence-corrected chi connectivity index (χ0v) is 17.6. The first kappa shape index (κ1) is 21.3. The minimum Gasteiger partial charge on any atom is -0.350 e. The maximum Gasteiger partial charge on any atom is 0.251 e. The number of nitrogens with zero attached hydrogens (tertiary/aromatic N) is 2. The van der Waals surface area contributed by atoms with E-state index >= 15 is 0 Å². The van der Waals surface area contributed by atoms with Gasteiger partial charge in [-0.05, 0) is 36.1 Å². The molecule has 6 heteroatoms. The Hall–Kier alpha value is -3.41. The van der Waals surface area contributed by atoms with Crippen LogP contribution in [-0.2, 0) is 17.9 Å². The zero-order chi connectivity index (χ0) is 21.5. The number of aryl methyl sites for hydroxylation is 1. The molecule has 156 valence electrons. The predicted molar refractivity (Wildman–Crippen MR) is 117 cm³/mol. The molecule has 0 aliphatic heterocycles. The van der Waals surface area contributed by atoms with Gasteiger partial charge >= 0.3 is 0 Å². The van der Waals surface area contributed by atoms with Crippen LogP contribution in [0.25, 0.3) is 0 Å². The van der Waals surface area contributed by atoms with Crippen molar-refractivity contribution in [1.82, 2.24) is 20.2 Å². The molecule has 2 amide bonds. The number of hydrogen-bond acceptors (Lipinski definition) is 3. The van der Waals surface area contributed by atoms with Crippen LogP contribution in [0.1, 0.15) is 40.9 Å². The molecule has 6 nitrogen and oxygen atoms in total. The van der Waals surface area contributed by atoms with Gasteiger partial charge in [0, 0.05) is 31.0 Å². The van der Waals surface area contributed by atoms with Crippen molar-refractivity contribution in [3.05, 3.63) is 89.5 Å². The van der Waals surface area contributed by atoms with Crippen molar-refractivity contribution in [3.63, 3.8) is 0 Å². The van der Waals surface area contributed by atoms with Crippen molar-refractivity contribution in [1.29, 1.82) is 0 Å². The quantitative estimate of drug-likeness (QED) is 0.605. The molecule has 1 aromatic heterocycles. The van der Waals surface area contributed by atoms with Gasteiger partial charge < -0.3 is 15.2 Å². The molecule has 30 heavy (non-hydrogen) atoms. The first-order valence-corrected chi connectivity index (χ1v) is 10.1. The van der Waals surface area contributed by atoms with E-state index in [1.54, 1.807) is 24.7 Å². The maximum atomic E-state index is 12.9. The fourth-order valence-electron chi connectivity index (χ4n) is 3.22. The van der Waals surface area contributed by atoms with Gasteiger partial charge in [0.1, 0.15) is 6.04 Å². The Bertz CT molecular complexity index is 979. The molecule has 0 aliphatic rings. The molecule has 0 spiro atoms. The summed E-state index contributed by atoms with van der Waals surface area (Å²) in [6, 6.07) is 14.7. The van der Waals surface area contributed by atoms with Crippen molar-refractivity contribution in [2.45, 2.75) is 39.9 Å². The van der Waals surface area contributed by atoms with Crippen molar-refractivity contribution in [3.8, 4) is 0 Å². The van der Waals surface area contributed by atoms with Gasteiger partial charge in [-0.1, -0.05) is 55.8 Å². The minimum atomic E-state index is -0.611. The standard InChI is InChI=1S/C24H28N4O2/c1-17(2)22(27-23(29)19-10-8-18(3)9-11-19)24(30)26-14-20-6-4-5-7-21(20)15-28-13-12-25-16-28/h4-13,16-17,22H,14-15H2,1-3H3,(H,26,30)(H,27,29). The fourth-order valence-corrected chi connectivity index (χ4v) is 3.22. The number of carbonyl (C=O) groups is 2. The average molecular weight is 405 g/mol. The van der Waals surface area contributed by atoms with Gasteiger partial charge in [-0.15, -0.1) is 0 Å². The topological polar surface area (TPSA) is 76.0 Å². The van der Waals surface area contributed by atoms with Crippen LogP contribution >= 0.6 is 0 Å². The van der Waals surface area contributed by atoms with Gasteiger partial charge in [-0.3, -0.25) is 9.59 Å². The third-order valence-electron chi connectivity index (χ3n) is 5.03. The van der Waals surface area contributed by atoms with E-state index in [2.05, 4.69) is 15.6 Å². The molecule has 2 aromatic carbocycles. The second kappa shape index (κ2) is 9.87. The molecule has 0 bridgehead atoms. The first-order valence-electron chi connectivity index (χ1n) is 10.1. The van der Waals surface area contributed by atoms with Crippen LogP contribution in [0.4, 0.5) is 0 Å². The summed E-state index contributed by atoms with van der Waals surface area (Å²) >= 11 is 0. The molecule has 0 saturated heterocycles. The minimum absolute atomic E-state index is 0.0411. The maximum absolute atomic E-state index is 12.9. The molecular weight excluding hydrogens is 376 g/mol. The number of amides is 2. The zero-order valence-electron chi connectivity index (χ0n) is 17.6. The van der Waals surface area contributed by atoms with Crippen LogP contribution in [0.15, 0.2) is 67.3 Å². The van der Waals surface area contributed by atoms with Gasteiger partial charge in [-0.25, -0.2) is 4.98 Å². The van der Waals surface area contributed by atoms with Crippen LogP contribution in [0.5, 0.6) is 0 Å². The SMILES string of the molecule is Cc1ccc(C(=O)NC(C(=O)NCc2ccccc2Cn2ccnc2)C(C)C)cc1. The first-order chi connectivity index (χ1) is 14.4. The Balaban J connectivity index is 1.64. The van der Waals surface area contributed by atoms with Gasteiger partial charge in [0.2, 0.25) is 5.91 Å². The van der Waals surface area contributed by atoms with E-state index in [0.717, 1.165) is 16.7 Å². The highest BCUT2D eigenvalue weighted by Gasteiger charge is 2.24. The number of nitrogens with one attached hydrogen (secondary N) is 2. The van der Waals surface area contributed by atoms with Crippen LogP contribution in [0.3, 0.4) is 0 Å². The molecule has 2 N–H and O–H groups in total. The highest BCUT2D eigenvalue weighted by Crippen LogP contribution is 2.12. The molecular formula is C24H28N4O2. The van der Waals surface area contributed by atoms with Crippen LogP contribution in [-0.4, -0.2) is 27.4 Å². The summed E-state index contributed by atoms with van der Waals surface area (Å²) in [7, 11) is 0. The molecule has 0 radical (unpaired) electrons. The molecule has 1 heterocycles. The normalized spacial score (nSPS) is 11.9. The van der Waals surface area contributed by atoms with Gasteiger partial charge in [0.15, 0.2) is 0 Å². The summed E-state index contributed by atoms with van der Waals surface area (Å²) in [5.74, 6) is -0.479. The Morgan fingerprint density at radius 3 is 2.37 bits per heavy atom. The molecule has 3 aromatic rings. The smallest absolute Gasteiger partial charge is 0.251 e. The lowest BCUT2D eigenvalue weighted by atomic mass is 10.0. The van der Waals surface area contributed by atoms with E-state index in [1.165, 1.54) is 0 Å². The Kier molecular flexibility index (Phi) is 7.01. The van der Waals surface area contributed by atoms with Crippen LogP contribution in [0.2, 0.25) is 0 Å². The molecule has 0 saturated carbocycles. The predicted octanol–water partition coefficient (Wildman–Crippen LogP) is 3.31. The number of hydrogen-bond donors (Lipinski definition) is 2. The second-order valence-electron chi connectivity index (χ2n) is 7.78. The largest absolute Gasteiger partial charge is 0.350 e. The average Bonchev–Trinajstić information content (AvgIpc) is 3.24. The van der Waals surface area contributed by atoms with Crippen molar-refractivity contribution >= 4 is 11.8 Å². The second-order valence-corrected chi connectivity index (χ2v) is 7.78. The van der Waals surface area contributed by atoms with Crippen molar-refractivity contribution in [2.75, 3.05) is 0 Å². The fraction of sp³-hybridized carbons (Fsp3) is 0.292. The van der Waals surface area contributed by atoms with E-state index in [4.69, 9.17) is 0 Å². The third kappa shape index (κ3) is 5.56. The lowest BCUT2D eigenvalue weighted by molar-refractivity contribution is -0.124. The summed E-state index contributed by atoms with van der Waals surface area (Å²) in [5, 5.41) is 5.86. The third-order valence-corrected chi connectivity index (χ3v) is 5.03. The molecule has 0 aliphatic carbocycles. The molecule has 1 atom stereocenters. The summed E-state index contributed by atoms with van der Waals surface area (Å²) in [4.78, 5) is 29.5. The monoisotopic (exact) mass is 404 g/mol. The molecule has 1 unspecified atom stereocenters. The van der Waals surface area contributed by atoms with E-state index in [1.807, 2.05) is 67.9 Å². The van der Waals surface area contributed by atoms with Crippen LogP contribution < -0.4 is 10.6 Å². The van der Waals surface area contributed by atoms with E-state index in [0.29, 0.717) is 18.7 Å². The Labute approximate surface area is 177 Å². The summed E-state index contributed by atoms with van der Waals surface area (Å²) in [6.45, 7) is 6.90. The number of imidazole rings is 1. The van der Waals surface area contributed by atoms with Gasteiger partial charge in [-0.2, -0.15) is 0 Å². The Morgan fingerprint density at radius 2 is 1.73 bits per heavy atom. The summed E-state index contributed by atoms with van der Waals surface area (Å²) < 4.78 is 1.99. The molecule has 3 rings (SSSR count). The number of carbonyl (C=O) groups excluding carboxylic acids is 2. The Morgan fingerprint density at radius 1 is 1.03 bits per heavy atom. The summed E-state index contributed by atoms with van der Waals surface area (Å²) in [5.41, 5.74) is 3.77.